The second-order valence-electron chi connectivity index (χ2n) is 4.09. The second kappa shape index (κ2) is 5.46. The van der Waals surface area contributed by atoms with Gasteiger partial charge >= 0.3 is 0 Å². The maximum absolute atomic E-state index is 13.5. The molecule has 0 saturated carbocycles. The zero-order valence-electron chi connectivity index (χ0n) is 10.2. The molecule has 2 aromatic rings. The molecule has 0 saturated heterocycles. The maximum Gasteiger partial charge on any atom is 0.261 e. The van der Waals surface area contributed by atoms with Gasteiger partial charge in [0, 0.05) is 23.2 Å². The van der Waals surface area contributed by atoms with Gasteiger partial charge in [-0.05, 0) is 25.1 Å². The van der Waals surface area contributed by atoms with Gasteiger partial charge in [-0.2, -0.15) is 0 Å². The molecule has 18 heavy (non-hydrogen) atoms. The average molecular weight is 267 g/mol. The molecule has 1 heterocycles. The van der Waals surface area contributed by atoms with E-state index >= 15 is 0 Å². The first-order valence-corrected chi connectivity index (χ1v) is 6.41. The highest BCUT2D eigenvalue weighted by Crippen LogP contribution is 2.27. The number of benzene rings is 1. The first kappa shape index (κ1) is 13.0. The maximum atomic E-state index is 13.5. The topological polar surface area (TPSA) is 38.3 Å². The van der Waals surface area contributed by atoms with E-state index in [-0.39, 0.29) is 17.8 Å². The molecule has 3 nitrogen and oxygen atoms in total. The minimum Gasteiger partial charge on any atom is -0.383 e. The molecule has 0 fully saturated rings. The summed E-state index contributed by atoms with van der Waals surface area (Å²) < 4.78 is 19.2. The molecule has 0 aliphatic heterocycles. The van der Waals surface area contributed by atoms with E-state index in [0.29, 0.717) is 16.9 Å². The van der Waals surface area contributed by atoms with Crippen molar-refractivity contribution in [2.24, 2.45) is 0 Å². The van der Waals surface area contributed by atoms with E-state index in [1.165, 1.54) is 17.4 Å². The number of rotatable bonds is 4. The number of amides is 1. The number of hydrogen-bond donors (Lipinski definition) is 1. The number of hydrogen-bond acceptors (Lipinski definition) is 3. The molecule has 5 heteroatoms. The Kier molecular flexibility index (Phi) is 3.93. The van der Waals surface area contributed by atoms with Crippen LogP contribution in [-0.4, -0.2) is 25.7 Å². The summed E-state index contributed by atoms with van der Waals surface area (Å²) in [5, 5.41) is 3.29. The normalized spacial score (nSPS) is 12.6. The molecule has 0 aliphatic carbocycles. The fourth-order valence-corrected chi connectivity index (χ4v) is 2.70. The third-order valence-corrected chi connectivity index (χ3v) is 3.63. The van der Waals surface area contributed by atoms with Gasteiger partial charge < -0.3 is 10.1 Å². The van der Waals surface area contributed by atoms with Crippen molar-refractivity contribution in [3.8, 4) is 0 Å². The number of fused-ring (bicyclic) bond motifs is 1. The molecule has 1 atom stereocenters. The molecule has 2 rings (SSSR count). The van der Waals surface area contributed by atoms with Crippen LogP contribution in [0.3, 0.4) is 0 Å². The lowest BCUT2D eigenvalue weighted by Crippen LogP contribution is -2.35. The molecule has 0 radical (unpaired) electrons. The van der Waals surface area contributed by atoms with Crippen molar-refractivity contribution in [1.29, 1.82) is 0 Å². The largest absolute Gasteiger partial charge is 0.383 e. The van der Waals surface area contributed by atoms with Crippen molar-refractivity contribution in [3.05, 3.63) is 35.0 Å². The van der Waals surface area contributed by atoms with Crippen molar-refractivity contribution >= 4 is 27.3 Å². The summed E-state index contributed by atoms with van der Waals surface area (Å²) >= 11 is 1.29. The van der Waals surface area contributed by atoms with E-state index in [4.69, 9.17) is 4.74 Å². The Morgan fingerprint density at radius 2 is 2.33 bits per heavy atom. The van der Waals surface area contributed by atoms with Gasteiger partial charge in [0.25, 0.3) is 5.91 Å². The summed E-state index contributed by atoms with van der Waals surface area (Å²) in [6.45, 7) is 2.31. The lowest BCUT2D eigenvalue weighted by atomic mass is 10.2. The molecule has 0 spiro atoms. The molecule has 0 aliphatic rings. The SMILES string of the molecule is COC[C@H](C)NC(=O)c1cc2c(F)cccc2s1. The van der Waals surface area contributed by atoms with Crippen LogP contribution in [0, 0.1) is 5.82 Å². The standard InChI is InChI=1S/C13H14FNO2S/c1-8(7-17-2)15-13(16)12-6-9-10(14)4-3-5-11(9)18-12/h3-6,8H,7H2,1-2H3,(H,15,16)/t8-/m0/s1. The fraction of sp³-hybridized carbons (Fsp3) is 0.308. The van der Waals surface area contributed by atoms with Gasteiger partial charge in [0.15, 0.2) is 0 Å². The van der Waals surface area contributed by atoms with Gasteiger partial charge in [-0.15, -0.1) is 11.3 Å². The zero-order valence-corrected chi connectivity index (χ0v) is 11.0. The average Bonchev–Trinajstić information content (AvgIpc) is 2.74. The van der Waals surface area contributed by atoms with Gasteiger partial charge in [0.1, 0.15) is 5.82 Å². The summed E-state index contributed by atoms with van der Waals surface area (Å²) in [5.41, 5.74) is 0. The van der Waals surface area contributed by atoms with E-state index in [9.17, 15) is 9.18 Å². The van der Waals surface area contributed by atoms with Crippen molar-refractivity contribution in [2.45, 2.75) is 13.0 Å². The molecule has 1 amide bonds. The summed E-state index contributed by atoms with van der Waals surface area (Å²) in [5.74, 6) is -0.493. The summed E-state index contributed by atoms with van der Waals surface area (Å²) in [6.07, 6.45) is 0. The van der Waals surface area contributed by atoms with E-state index in [1.54, 1.807) is 25.3 Å². The lowest BCUT2D eigenvalue weighted by molar-refractivity contribution is 0.0909. The van der Waals surface area contributed by atoms with Crippen LogP contribution in [0.2, 0.25) is 0 Å². The van der Waals surface area contributed by atoms with Gasteiger partial charge in [-0.25, -0.2) is 4.39 Å². The summed E-state index contributed by atoms with van der Waals surface area (Å²) in [4.78, 5) is 12.4. The minimum absolute atomic E-state index is 0.0717. The minimum atomic E-state index is -0.298. The Balaban J connectivity index is 2.21. The number of thiophene rings is 1. The molecular formula is C13H14FNO2S. The van der Waals surface area contributed by atoms with Crippen LogP contribution in [-0.2, 0) is 4.74 Å². The van der Waals surface area contributed by atoms with Crippen LogP contribution >= 0.6 is 11.3 Å². The highest BCUT2D eigenvalue weighted by Gasteiger charge is 2.14. The Hall–Kier alpha value is -1.46. The highest BCUT2D eigenvalue weighted by molar-refractivity contribution is 7.20. The number of ether oxygens (including phenoxy) is 1. The number of carbonyl (C=O) groups is 1. The van der Waals surface area contributed by atoms with Crippen molar-refractivity contribution in [1.82, 2.24) is 5.32 Å². The van der Waals surface area contributed by atoms with E-state index in [2.05, 4.69) is 5.32 Å². The third kappa shape index (κ3) is 2.68. The Bertz CT molecular complexity index is 567. The molecule has 96 valence electrons. The first-order chi connectivity index (χ1) is 8.61. The van der Waals surface area contributed by atoms with Crippen LogP contribution in [0.1, 0.15) is 16.6 Å². The fourth-order valence-electron chi connectivity index (χ4n) is 1.72. The second-order valence-corrected chi connectivity index (χ2v) is 5.18. The van der Waals surface area contributed by atoms with Gasteiger partial charge in [0.2, 0.25) is 0 Å². The summed E-state index contributed by atoms with van der Waals surface area (Å²) in [6, 6.07) is 6.36. The van der Waals surface area contributed by atoms with Crippen LogP contribution in [0.4, 0.5) is 4.39 Å². The smallest absolute Gasteiger partial charge is 0.261 e. The molecule has 0 unspecified atom stereocenters. The van der Waals surface area contributed by atoms with E-state index in [0.717, 1.165) is 4.70 Å². The molecule has 0 bridgehead atoms. The van der Waals surface area contributed by atoms with Crippen molar-refractivity contribution < 1.29 is 13.9 Å². The van der Waals surface area contributed by atoms with E-state index < -0.39 is 0 Å². The van der Waals surface area contributed by atoms with Crippen molar-refractivity contribution in [3.63, 3.8) is 0 Å². The first-order valence-electron chi connectivity index (χ1n) is 5.59. The third-order valence-electron chi connectivity index (χ3n) is 2.53. The number of methoxy groups -OCH3 is 1. The Morgan fingerprint density at radius 3 is 3.00 bits per heavy atom. The molecule has 1 N–H and O–H groups in total. The number of carbonyl (C=O) groups excluding carboxylic acids is 1. The lowest BCUT2D eigenvalue weighted by Gasteiger charge is -2.11. The van der Waals surface area contributed by atoms with Crippen LogP contribution in [0.25, 0.3) is 10.1 Å². The monoisotopic (exact) mass is 267 g/mol. The number of halogens is 1. The van der Waals surface area contributed by atoms with Gasteiger partial charge in [-0.3, -0.25) is 4.79 Å². The predicted octanol–water partition coefficient (Wildman–Crippen LogP) is 2.81. The molecule has 1 aromatic carbocycles. The Morgan fingerprint density at radius 1 is 1.56 bits per heavy atom. The quantitative estimate of drug-likeness (QED) is 0.925. The molecule has 1 aromatic heterocycles. The van der Waals surface area contributed by atoms with Crippen LogP contribution < -0.4 is 5.32 Å². The van der Waals surface area contributed by atoms with Crippen LogP contribution in [0.5, 0.6) is 0 Å². The zero-order chi connectivity index (χ0) is 13.1. The van der Waals surface area contributed by atoms with E-state index in [1.807, 2.05) is 6.92 Å². The summed E-state index contributed by atoms with van der Waals surface area (Å²) in [7, 11) is 1.58. The Labute approximate surface area is 109 Å². The predicted molar refractivity (Wildman–Crippen MR) is 70.6 cm³/mol. The van der Waals surface area contributed by atoms with Gasteiger partial charge in [0.05, 0.1) is 11.5 Å². The van der Waals surface area contributed by atoms with Crippen LogP contribution in [0.15, 0.2) is 24.3 Å². The number of nitrogens with one attached hydrogen (secondary N) is 1. The highest BCUT2D eigenvalue weighted by atomic mass is 32.1. The van der Waals surface area contributed by atoms with Crippen molar-refractivity contribution in [2.75, 3.05) is 13.7 Å². The molecular weight excluding hydrogens is 253 g/mol. The van der Waals surface area contributed by atoms with Gasteiger partial charge in [-0.1, -0.05) is 6.07 Å².